The van der Waals surface area contributed by atoms with Crippen LogP contribution in [0, 0.1) is 5.92 Å². The largest absolute Gasteiger partial charge is 0.465 e. The Morgan fingerprint density at radius 2 is 2.08 bits per heavy atom. The summed E-state index contributed by atoms with van der Waals surface area (Å²) in [6, 6.07) is 0. The average Bonchev–Trinajstić information content (AvgIpc) is 2.01. The van der Waals surface area contributed by atoms with Crippen LogP contribution in [0.25, 0.3) is 0 Å². The van der Waals surface area contributed by atoms with Gasteiger partial charge in [0, 0.05) is 0 Å². The Hall–Kier alpha value is -0.790. The highest BCUT2D eigenvalue weighted by molar-refractivity contribution is 5.71. The molecule has 0 bridgehead atoms. The van der Waals surface area contributed by atoms with Crippen molar-refractivity contribution in [1.29, 1.82) is 0 Å². The fourth-order valence-corrected chi connectivity index (χ4v) is 0.665. The van der Waals surface area contributed by atoms with Crippen LogP contribution in [0.5, 0.6) is 0 Å². The molecule has 0 heterocycles. The van der Waals surface area contributed by atoms with Crippen molar-refractivity contribution in [2.24, 2.45) is 5.92 Å². The van der Waals surface area contributed by atoms with E-state index in [9.17, 15) is 4.79 Å². The van der Waals surface area contributed by atoms with Crippen molar-refractivity contribution >= 4 is 5.97 Å². The van der Waals surface area contributed by atoms with E-state index in [-0.39, 0.29) is 5.97 Å². The predicted molar refractivity (Wildman–Crippen MR) is 49.8 cm³/mol. The quantitative estimate of drug-likeness (QED) is 0.468. The molecule has 0 fully saturated rings. The highest BCUT2D eigenvalue weighted by Crippen LogP contribution is 1.96. The lowest BCUT2D eigenvalue weighted by Crippen LogP contribution is -2.08. The van der Waals surface area contributed by atoms with Crippen LogP contribution < -0.4 is 0 Å². The molecule has 0 amide bonds. The van der Waals surface area contributed by atoms with Gasteiger partial charge in [0.15, 0.2) is 0 Å². The van der Waals surface area contributed by atoms with Crippen molar-refractivity contribution in [3.05, 3.63) is 12.2 Å². The molecule has 2 nitrogen and oxygen atoms in total. The molecule has 70 valence electrons. The first-order valence-electron chi connectivity index (χ1n) is 4.47. The summed E-state index contributed by atoms with van der Waals surface area (Å²) in [4.78, 5) is 10.9. The van der Waals surface area contributed by atoms with Gasteiger partial charge in [-0.05, 0) is 12.3 Å². The Bertz CT molecular complexity index is 148. The van der Waals surface area contributed by atoms with Crippen LogP contribution in [-0.2, 0) is 9.53 Å². The van der Waals surface area contributed by atoms with Crippen molar-refractivity contribution in [2.45, 2.75) is 33.6 Å². The Morgan fingerprint density at radius 1 is 1.42 bits per heavy atom. The fourth-order valence-electron chi connectivity index (χ4n) is 0.665. The van der Waals surface area contributed by atoms with E-state index < -0.39 is 0 Å². The van der Waals surface area contributed by atoms with Crippen LogP contribution in [0.15, 0.2) is 12.2 Å². The second-order valence-electron chi connectivity index (χ2n) is 3.16. The smallest absolute Gasteiger partial charge is 0.309 e. The Balaban J connectivity index is 3.40. The van der Waals surface area contributed by atoms with Gasteiger partial charge < -0.3 is 4.74 Å². The van der Waals surface area contributed by atoms with Crippen molar-refractivity contribution in [3.63, 3.8) is 0 Å². The number of allylic oxidation sites excluding steroid dienone is 1. The number of ether oxygens (including phenoxy) is 1. The lowest BCUT2D eigenvalue weighted by atomic mass is 10.2. The molecule has 0 aromatic heterocycles. The minimum absolute atomic E-state index is 0.131. The summed E-state index contributed by atoms with van der Waals surface area (Å²) in [5.74, 6) is 0.289. The first-order chi connectivity index (χ1) is 5.66. The van der Waals surface area contributed by atoms with E-state index in [4.69, 9.17) is 4.74 Å². The molecule has 0 N–H and O–H groups in total. The van der Waals surface area contributed by atoms with E-state index in [0.717, 1.165) is 6.42 Å². The van der Waals surface area contributed by atoms with Crippen LogP contribution in [0.2, 0.25) is 0 Å². The van der Waals surface area contributed by atoms with Crippen molar-refractivity contribution in [1.82, 2.24) is 0 Å². The van der Waals surface area contributed by atoms with Gasteiger partial charge in [-0.15, -0.1) is 0 Å². The lowest BCUT2D eigenvalue weighted by Gasteiger charge is -2.04. The number of esters is 1. The number of hydrogen-bond donors (Lipinski definition) is 0. The summed E-state index contributed by atoms with van der Waals surface area (Å²) < 4.78 is 4.96. The van der Waals surface area contributed by atoms with Crippen LogP contribution in [-0.4, -0.2) is 12.6 Å². The zero-order chi connectivity index (χ0) is 9.40. The molecule has 0 saturated carbocycles. The summed E-state index contributed by atoms with van der Waals surface area (Å²) >= 11 is 0. The Labute approximate surface area is 74.6 Å². The van der Waals surface area contributed by atoms with E-state index in [1.165, 1.54) is 0 Å². The molecule has 0 aliphatic carbocycles. The molecule has 0 unspecified atom stereocenters. The van der Waals surface area contributed by atoms with E-state index in [0.29, 0.717) is 18.9 Å². The molecule has 0 aromatic carbocycles. The molecule has 0 atom stereocenters. The molecule has 0 radical (unpaired) electrons. The van der Waals surface area contributed by atoms with Crippen LogP contribution in [0.1, 0.15) is 33.6 Å². The second-order valence-corrected chi connectivity index (χ2v) is 3.16. The first-order valence-corrected chi connectivity index (χ1v) is 4.47. The Morgan fingerprint density at radius 3 is 2.58 bits per heavy atom. The number of hydrogen-bond acceptors (Lipinski definition) is 2. The highest BCUT2D eigenvalue weighted by atomic mass is 16.5. The third kappa shape index (κ3) is 7.32. The first kappa shape index (κ1) is 11.2. The molecule has 0 spiro atoms. The van der Waals surface area contributed by atoms with E-state index in [1.807, 2.05) is 32.9 Å². The predicted octanol–water partition coefficient (Wildman–Crippen LogP) is 2.54. The maximum atomic E-state index is 10.9. The molecule has 0 aromatic rings. The summed E-state index contributed by atoms with van der Waals surface area (Å²) in [6.07, 6.45) is 5.19. The molecule has 0 saturated heterocycles. The SMILES string of the molecule is CC/C=C/CC(=O)OCC(C)C. The van der Waals surface area contributed by atoms with E-state index in [2.05, 4.69) is 0 Å². The molecular weight excluding hydrogens is 152 g/mol. The van der Waals surface area contributed by atoms with E-state index in [1.54, 1.807) is 0 Å². The van der Waals surface area contributed by atoms with E-state index >= 15 is 0 Å². The summed E-state index contributed by atoms with van der Waals surface area (Å²) in [6.45, 7) is 6.61. The molecule has 2 heteroatoms. The third-order valence-corrected chi connectivity index (χ3v) is 1.26. The second kappa shape index (κ2) is 6.89. The molecule has 0 aliphatic rings. The number of carbonyl (C=O) groups excluding carboxylic acids is 1. The van der Waals surface area contributed by atoms with Gasteiger partial charge in [0.25, 0.3) is 0 Å². The van der Waals surface area contributed by atoms with Gasteiger partial charge in [-0.2, -0.15) is 0 Å². The fraction of sp³-hybridized carbons (Fsp3) is 0.700. The maximum Gasteiger partial charge on any atom is 0.309 e. The van der Waals surface area contributed by atoms with Crippen LogP contribution in [0.3, 0.4) is 0 Å². The lowest BCUT2D eigenvalue weighted by molar-refractivity contribution is -0.143. The van der Waals surface area contributed by atoms with Gasteiger partial charge in [0.1, 0.15) is 0 Å². The number of rotatable bonds is 5. The third-order valence-electron chi connectivity index (χ3n) is 1.26. The van der Waals surface area contributed by atoms with Crippen molar-refractivity contribution in [2.75, 3.05) is 6.61 Å². The zero-order valence-electron chi connectivity index (χ0n) is 8.17. The van der Waals surface area contributed by atoms with Crippen LogP contribution in [0.4, 0.5) is 0 Å². The molecular formula is C10H18O2. The van der Waals surface area contributed by atoms with Gasteiger partial charge in [-0.3, -0.25) is 4.79 Å². The maximum absolute atomic E-state index is 10.9. The topological polar surface area (TPSA) is 26.3 Å². The van der Waals surface area contributed by atoms with Crippen molar-refractivity contribution in [3.8, 4) is 0 Å². The molecule has 12 heavy (non-hydrogen) atoms. The summed E-state index contributed by atoms with van der Waals surface area (Å²) in [5.41, 5.74) is 0. The zero-order valence-corrected chi connectivity index (χ0v) is 8.17. The average molecular weight is 170 g/mol. The standard InChI is InChI=1S/C10H18O2/c1-4-5-6-7-10(11)12-8-9(2)3/h5-6,9H,4,7-8H2,1-3H3/b6-5+. The van der Waals surface area contributed by atoms with Gasteiger partial charge in [-0.25, -0.2) is 0 Å². The molecule has 0 aliphatic heterocycles. The minimum Gasteiger partial charge on any atom is -0.465 e. The summed E-state index contributed by atoms with van der Waals surface area (Å²) in [5, 5.41) is 0. The monoisotopic (exact) mass is 170 g/mol. The minimum atomic E-state index is -0.131. The summed E-state index contributed by atoms with van der Waals surface area (Å²) in [7, 11) is 0. The van der Waals surface area contributed by atoms with Gasteiger partial charge in [-0.1, -0.05) is 32.9 Å². The number of carbonyl (C=O) groups is 1. The van der Waals surface area contributed by atoms with Gasteiger partial charge in [0.05, 0.1) is 13.0 Å². The van der Waals surface area contributed by atoms with Gasteiger partial charge in [0.2, 0.25) is 0 Å². The van der Waals surface area contributed by atoms with Gasteiger partial charge >= 0.3 is 5.97 Å². The molecule has 0 rings (SSSR count). The van der Waals surface area contributed by atoms with Crippen LogP contribution >= 0.6 is 0 Å². The normalized spacial score (nSPS) is 11.0. The Kier molecular flexibility index (Phi) is 6.44. The van der Waals surface area contributed by atoms with Crippen molar-refractivity contribution < 1.29 is 9.53 Å². The highest BCUT2D eigenvalue weighted by Gasteiger charge is 2.00.